The van der Waals surface area contributed by atoms with Crippen LogP contribution in [0.3, 0.4) is 0 Å². The first kappa shape index (κ1) is 13.6. The van der Waals surface area contributed by atoms with Crippen LogP contribution in [0.25, 0.3) is 0 Å². The molecule has 2 nitrogen and oxygen atoms in total. The molecule has 1 aromatic carbocycles. The first-order valence-electron chi connectivity index (χ1n) is 7.30. The molecule has 0 radical (unpaired) electrons. The zero-order chi connectivity index (χ0) is 12.8. The number of rotatable bonds is 5. The van der Waals surface area contributed by atoms with Crippen molar-refractivity contribution < 1.29 is 0 Å². The molecule has 2 heteroatoms. The summed E-state index contributed by atoms with van der Waals surface area (Å²) in [5, 5.41) is 0. The Balaban J connectivity index is 1.90. The zero-order valence-corrected chi connectivity index (χ0v) is 11.5. The van der Waals surface area contributed by atoms with Gasteiger partial charge in [-0.25, -0.2) is 0 Å². The van der Waals surface area contributed by atoms with Gasteiger partial charge >= 0.3 is 0 Å². The number of nitrogens with one attached hydrogen (secondary N) is 1. The van der Waals surface area contributed by atoms with Gasteiger partial charge in [0, 0.05) is 6.04 Å². The first-order chi connectivity index (χ1) is 8.79. The lowest BCUT2D eigenvalue weighted by molar-refractivity contribution is 0.297. The van der Waals surface area contributed by atoms with Crippen molar-refractivity contribution in [3.05, 3.63) is 35.4 Å². The second-order valence-corrected chi connectivity index (χ2v) is 5.73. The maximum atomic E-state index is 5.74. The molecule has 1 aromatic rings. The molecule has 3 N–H and O–H groups in total. The van der Waals surface area contributed by atoms with Gasteiger partial charge < -0.3 is 0 Å². The van der Waals surface area contributed by atoms with Crippen LogP contribution in [0.1, 0.15) is 49.7 Å². The van der Waals surface area contributed by atoms with Crippen molar-refractivity contribution in [1.29, 1.82) is 0 Å². The van der Waals surface area contributed by atoms with E-state index in [4.69, 9.17) is 5.84 Å². The molecular formula is C16H26N2. The maximum Gasteiger partial charge on any atom is 0.0253 e. The summed E-state index contributed by atoms with van der Waals surface area (Å²) in [5.74, 6) is 6.62. The number of hydrogen-bond acceptors (Lipinski definition) is 2. The van der Waals surface area contributed by atoms with E-state index >= 15 is 0 Å². The lowest BCUT2D eigenvalue weighted by Crippen LogP contribution is -2.38. The van der Waals surface area contributed by atoms with Crippen LogP contribution in [0.2, 0.25) is 0 Å². The molecule has 1 aliphatic carbocycles. The van der Waals surface area contributed by atoms with Crippen LogP contribution < -0.4 is 11.3 Å². The van der Waals surface area contributed by atoms with Crippen LogP contribution in [-0.4, -0.2) is 6.04 Å². The van der Waals surface area contributed by atoms with Gasteiger partial charge in [-0.1, -0.05) is 56.4 Å². The summed E-state index contributed by atoms with van der Waals surface area (Å²) in [5.41, 5.74) is 5.83. The summed E-state index contributed by atoms with van der Waals surface area (Å²) >= 11 is 0. The highest BCUT2D eigenvalue weighted by Crippen LogP contribution is 2.28. The van der Waals surface area contributed by atoms with E-state index < -0.39 is 0 Å². The maximum absolute atomic E-state index is 5.74. The third-order valence-corrected chi connectivity index (χ3v) is 4.31. The molecule has 1 atom stereocenters. The van der Waals surface area contributed by atoms with Gasteiger partial charge in [0.2, 0.25) is 0 Å². The summed E-state index contributed by atoms with van der Waals surface area (Å²) in [6.07, 6.45) is 9.32. The van der Waals surface area contributed by atoms with Gasteiger partial charge in [-0.15, -0.1) is 0 Å². The fourth-order valence-corrected chi connectivity index (χ4v) is 3.14. The molecule has 0 aliphatic heterocycles. The highest BCUT2D eigenvalue weighted by molar-refractivity contribution is 5.26. The summed E-state index contributed by atoms with van der Waals surface area (Å²) in [4.78, 5) is 0. The van der Waals surface area contributed by atoms with E-state index in [1.165, 1.54) is 49.7 Å². The van der Waals surface area contributed by atoms with E-state index in [2.05, 4.69) is 36.6 Å². The molecule has 1 saturated carbocycles. The van der Waals surface area contributed by atoms with Gasteiger partial charge in [0.25, 0.3) is 0 Å². The van der Waals surface area contributed by atoms with Crippen LogP contribution in [0.5, 0.6) is 0 Å². The van der Waals surface area contributed by atoms with E-state index in [0.717, 1.165) is 12.3 Å². The number of hydrazine groups is 1. The summed E-state index contributed by atoms with van der Waals surface area (Å²) in [7, 11) is 0. The van der Waals surface area contributed by atoms with Crippen molar-refractivity contribution in [2.75, 3.05) is 0 Å². The molecule has 1 fully saturated rings. The van der Waals surface area contributed by atoms with Crippen molar-refractivity contribution in [1.82, 2.24) is 5.43 Å². The summed E-state index contributed by atoms with van der Waals surface area (Å²) < 4.78 is 0. The zero-order valence-electron chi connectivity index (χ0n) is 11.5. The molecule has 0 bridgehead atoms. The molecule has 0 spiro atoms. The lowest BCUT2D eigenvalue weighted by Gasteiger charge is -2.26. The van der Waals surface area contributed by atoms with Gasteiger partial charge in [0.15, 0.2) is 0 Å². The Labute approximate surface area is 111 Å². The third-order valence-electron chi connectivity index (χ3n) is 4.31. The van der Waals surface area contributed by atoms with E-state index in [1.54, 1.807) is 0 Å². The molecule has 0 aromatic heterocycles. The number of benzene rings is 1. The molecule has 0 heterocycles. The Morgan fingerprint density at radius 1 is 1.22 bits per heavy atom. The van der Waals surface area contributed by atoms with E-state index in [1.807, 2.05) is 0 Å². The molecule has 18 heavy (non-hydrogen) atoms. The smallest absolute Gasteiger partial charge is 0.0253 e. The lowest BCUT2D eigenvalue weighted by atomic mass is 9.83. The van der Waals surface area contributed by atoms with Crippen molar-refractivity contribution >= 4 is 0 Å². The molecule has 1 unspecified atom stereocenters. The van der Waals surface area contributed by atoms with E-state index in [-0.39, 0.29) is 0 Å². The standard InChI is InChI=1S/C16H26N2/c1-13-7-5-6-10-15(13)12-16(18-17)11-14-8-3-2-4-9-14/h5-7,10,14,16,18H,2-4,8-9,11-12,17H2,1H3. The van der Waals surface area contributed by atoms with E-state index in [9.17, 15) is 0 Å². The molecule has 0 saturated heterocycles. The van der Waals surface area contributed by atoms with Crippen LogP contribution >= 0.6 is 0 Å². The number of aryl methyl sites for hydroxylation is 1. The van der Waals surface area contributed by atoms with Crippen molar-refractivity contribution in [2.24, 2.45) is 11.8 Å². The molecule has 1 aliphatic rings. The Bertz CT molecular complexity index is 356. The average molecular weight is 246 g/mol. The predicted molar refractivity (Wildman–Crippen MR) is 77.2 cm³/mol. The van der Waals surface area contributed by atoms with Gasteiger partial charge in [-0.3, -0.25) is 11.3 Å². The Morgan fingerprint density at radius 2 is 1.94 bits per heavy atom. The average Bonchev–Trinajstić information content (AvgIpc) is 2.41. The number of hydrogen-bond donors (Lipinski definition) is 2. The predicted octanol–water partition coefficient (Wildman–Crippen LogP) is 3.34. The highest BCUT2D eigenvalue weighted by Gasteiger charge is 2.18. The minimum atomic E-state index is 0.425. The van der Waals surface area contributed by atoms with Crippen LogP contribution in [-0.2, 0) is 6.42 Å². The first-order valence-corrected chi connectivity index (χ1v) is 7.30. The van der Waals surface area contributed by atoms with Crippen LogP contribution in [0.4, 0.5) is 0 Å². The van der Waals surface area contributed by atoms with Gasteiger partial charge in [-0.2, -0.15) is 0 Å². The van der Waals surface area contributed by atoms with Crippen molar-refractivity contribution in [3.63, 3.8) is 0 Å². The van der Waals surface area contributed by atoms with Crippen LogP contribution in [0.15, 0.2) is 24.3 Å². The quantitative estimate of drug-likeness (QED) is 0.617. The Kier molecular flexibility index (Phi) is 5.21. The summed E-state index contributed by atoms with van der Waals surface area (Å²) in [6.45, 7) is 2.18. The highest BCUT2D eigenvalue weighted by atomic mass is 15.2. The molecule has 100 valence electrons. The van der Waals surface area contributed by atoms with Gasteiger partial charge in [0.1, 0.15) is 0 Å². The Hall–Kier alpha value is -0.860. The van der Waals surface area contributed by atoms with Gasteiger partial charge in [0.05, 0.1) is 0 Å². The normalized spacial score (nSPS) is 18.8. The monoisotopic (exact) mass is 246 g/mol. The van der Waals surface area contributed by atoms with Crippen molar-refractivity contribution in [3.8, 4) is 0 Å². The SMILES string of the molecule is Cc1ccccc1CC(CC1CCCCC1)NN. The fourth-order valence-electron chi connectivity index (χ4n) is 3.14. The summed E-state index contributed by atoms with van der Waals surface area (Å²) in [6, 6.07) is 9.06. The van der Waals surface area contributed by atoms with Crippen molar-refractivity contribution in [2.45, 2.75) is 57.9 Å². The molecular weight excluding hydrogens is 220 g/mol. The topological polar surface area (TPSA) is 38.0 Å². The third kappa shape index (κ3) is 3.82. The van der Waals surface area contributed by atoms with Gasteiger partial charge in [-0.05, 0) is 36.8 Å². The molecule has 2 rings (SSSR count). The molecule has 0 amide bonds. The van der Waals surface area contributed by atoms with Crippen LogP contribution in [0, 0.1) is 12.8 Å². The fraction of sp³-hybridized carbons (Fsp3) is 0.625. The second-order valence-electron chi connectivity index (χ2n) is 5.73. The number of nitrogens with two attached hydrogens (primary N) is 1. The Morgan fingerprint density at radius 3 is 2.61 bits per heavy atom. The van der Waals surface area contributed by atoms with E-state index in [0.29, 0.717) is 6.04 Å². The second kappa shape index (κ2) is 6.91. The minimum absolute atomic E-state index is 0.425. The minimum Gasteiger partial charge on any atom is -0.271 e. The largest absolute Gasteiger partial charge is 0.271 e.